The van der Waals surface area contributed by atoms with Gasteiger partial charge in [-0.05, 0) is 60.6 Å². The minimum atomic E-state index is 0.454. The highest BCUT2D eigenvalue weighted by atomic mass is 79.9. The summed E-state index contributed by atoms with van der Waals surface area (Å²) < 4.78 is 12.6. The number of halogens is 1. The molecule has 7 heteroatoms. The average molecular weight is 422 g/mol. The molecule has 132 valence electrons. The predicted molar refractivity (Wildman–Crippen MR) is 108 cm³/mol. The van der Waals surface area contributed by atoms with E-state index >= 15 is 0 Å². The molecule has 0 unspecified atom stereocenters. The van der Waals surface area contributed by atoms with E-state index in [0.29, 0.717) is 29.8 Å². The van der Waals surface area contributed by atoms with Gasteiger partial charge >= 0.3 is 0 Å². The Balaban J connectivity index is 2.06. The number of rotatable bonds is 7. The van der Waals surface area contributed by atoms with Crippen molar-refractivity contribution in [3.63, 3.8) is 0 Å². The van der Waals surface area contributed by atoms with Crippen LogP contribution in [0.25, 0.3) is 0 Å². The Kier molecular flexibility index (Phi) is 7.69. The molecule has 0 aliphatic rings. The van der Waals surface area contributed by atoms with Gasteiger partial charge in [0, 0.05) is 11.5 Å². The van der Waals surface area contributed by atoms with Crippen LogP contribution in [0.1, 0.15) is 18.1 Å². The first-order valence-electron chi connectivity index (χ1n) is 7.77. The Bertz CT molecular complexity index is 736. The minimum Gasteiger partial charge on any atom is -0.490 e. The Morgan fingerprint density at radius 1 is 1.16 bits per heavy atom. The maximum atomic E-state index is 5.90. The van der Waals surface area contributed by atoms with Gasteiger partial charge < -0.3 is 14.8 Å². The quantitative estimate of drug-likeness (QED) is 0.403. The highest BCUT2D eigenvalue weighted by molar-refractivity contribution is 9.10. The SMILES string of the molecule is CCOc1cc(/C=N/NC(=S)NC)ccc1OCc1ccc(Br)cc1. The van der Waals surface area contributed by atoms with E-state index in [4.69, 9.17) is 21.7 Å². The van der Waals surface area contributed by atoms with E-state index < -0.39 is 0 Å². The van der Waals surface area contributed by atoms with Crippen LogP contribution in [0.5, 0.6) is 11.5 Å². The molecule has 0 radical (unpaired) electrons. The van der Waals surface area contributed by atoms with Crippen LogP contribution < -0.4 is 20.2 Å². The van der Waals surface area contributed by atoms with E-state index in [2.05, 4.69) is 31.8 Å². The lowest BCUT2D eigenvalue weighted by Crippen LogP contribution is -2.28. The van der Waals surface area contributed by atoms with Crippen molar-refractivity contribution >= 4 is 39.5 Å². The monoisotopic (exact) mass is 421 g/mol. The molecule has 0 aliphatic carbocycles. The fraction of sp³-hybridized carbons (Fsp3) is 0.222. The van der Waals surface area contributed by atoms with Gasteiger partial charge in [0.15, 0.2) is 16.6 Å². The van der Waals surface area contributed by atoms with Gasteiger partial charge in [-0.1, -0.05) is 28.1 Å². The summed E-state index contributed by atoms with van der Waals surface area (Å²) in [6.07, 6.45) is 1.67. The topological polar surface area (TPSA) is 54.9 Å². The standard InChI is InChI=1S/C18H20BrN3O2S/c1-3-23-17-10-14(11-21-22-18(25)20-2)6-9-16(17)24-12-13-4-7-15(19)8-5-13/h4-11H,3,12H2,1-2H3,(H2,20,22,25)/b21-11+. The Morgan fingerprint density at radius 3 is 2.60 bits per heavy atom. The maximum Gasteiger partial charge on any atom is 0.186 e. The lowest BCUT2D eigenvalue weighted by Gasteiger charge is -2.12. The summed E-state index contributed by atoms with van der Waals surface area (Å²) in [4.78, 5) is 0. The van der Waals surface area contributed by atoms with Crippen molar-refractivity contribution < 1.29 is 9.47 Å². The molecule has 0 aliphatic heterocycles. The number of nitrogens with one attached hydrogen (secondary N) is 2. The normalized spacial score (nSPS) is 10.5. The molecule has 0 atom stereocenters. The molecular formula is C18H20BrN3O2S. The van der Waals surface area contributed by atoms with Crippen molar-refractivity contribution in [1.29, 1.82) is 0 Å². The number of nitrogens with zero attached hydrogens (tertiary/aromatic N) is 1. The molecule has 0 bridgehead atoms. The lowest BCUT2D eigenvalue weighted by molar-refractivity contribution is 0.269. The van der Waals surface area contributed by atoms with E-state index in [-0.39, 0.29) is 0 Å². The highest BCUT2D eigenvalue weighted by Gasteiger charge is 2.06. The summed E-state index contributed by atoms with van der Waals surface area (Å²) in [5, 5.41) is 7.31. The molecule has 2 rings (SSSR count). The third-order valence-corrected chi connectivity index (χ3v) is 4.01. The number of thiocarbonyl (C=S) groups is 1. The summed E-state index contributed by atoms with van der Waals surface area (Å²) in [6.45, 7) is 2.96. The third-order valence-electron chi connectivity index (χ3n) is 3.18. The van der Waals surface area contributed by atoms with Gasteiger partial charge in [-0.25, -0.2) is 0 Å². The zero-order chi connectivity index (χ0) is 18.1. The Labute approximate surface area is 161 Å². The number of benzene rings is 2. The molecule has 25 heavy (non-hydrogen) atoms. The second kappa shape index (κ2) is 10.0. The van der Waals surface area contributed by atoms with E-state index in [1.807, 2.05) is 49.4 Å². The molecule has 5 nitrogen and oxygen atoms in total. The summed E-state index contributed by atoms with van der Waals surface area (Å²) in [6, 6.07) is 13.7. The van der Waals surface area contributed by atoms with Crippen molar-refractivity contribution in [1.82, 2.24) is 10.7 Å². The molecule has 2 aromatic rings. The Hall–Kier alpha value is -2.12. The maximum absolute atomic E-state index is 5.90. The first kappa shape index (κ1) is 19.2. The van der Waals surface area contributed by atoms with E-state index in [1.54, 1.807) is 13.3 Å². The molecule has 0 saturated carbocycles. The largest absolute Gasteiger partial charge is 0.490 e. The fourth-order valence-electron chi connectivity index (χ4n) is 1.96. The van der Waals surface area contributed by atoms with Gasteiger partial charge in [-0.2, -0.15) is 5.10 Å². The van der Waals surface area contributed by atoms with Crippen LogP contribution >= 0.6 is 28.1 Å². The van der Waals surface area contributed by atoms with E-state index in [0.717, 1.165) is 15.6 Å². The van der Waals surface area contributed by atoms with Crippen LogP contribution in [0, 0.1) is 0 Å². The second-order valence-corrected chi connectivity index (χ2v) is 6.33. The molecule has 0 aromatic heterocycles. The molecule has 0 heterocycles. The summed E-state index contributed by atoms with van der Waals surface area (Å²) in [5.74, 6) is 1.38. The summed E-state index contributed by atoms with van der Waals surface area (Å²) in [7, 11) is 1.73. The van der Waals surface area contributed by atoms with Crippen LogP contribution in [0.3, 0.4) is 0 Å². The molecule has 2 N–H and O–H groups in total. The number of hydrogen-bond donors (Lipinski definition) is 2. The van der Waals surface area contributed by atoms with E-state index in [9.17, 15) is 0 Å². The molecule has 0 fully saturated rings. The minimum absolute atomic E-state index is 0.454. The van der Waals surface area contributed by atoms with Crippen LogP contribution in [0.4, 0.5) is 0 Å². The van der Waals surface area contributed by atoms with Crippen molar-refractivity contribution in [3.8, 4) is 11.5 Å². The smallest absolute Gasteiger partial charge is 0.186 e. The number of hydrogen-bond acceptors (Lipinski definition) is 4. The molecule has 2 aromatic carbocycles. The second-order valence-electron chi connectivity index (χ2n) is 5.00. The van der Waals surface area contributed by atoms with Crippen molar-refractivity contribution in [3.05, 3.63) is 58.1 Å². The van der Waals surface area contributed by atoms with Gasteiger partial charge in [-0.15, -0.1) is 0 Å². The van der Waals surface area contributed by atoms with Crippen molar-refractivity contribution in [2.75, 3.05) is 13.7 Å². The van der Waals surface area contributed by atoms with Gasteiger partial charge in [0.25, 0.3) is 0 Å². The molecule has 0 spiro atoms. The fourth-order valence-corrected chi connectivity index (χ4v) is 2.27. The van der Waals surface area contributed by atoms with Crippen LogP contribution in [0.15, 0.2) is 52.0 Å². The predicted octanol–water partition coefficient (Wildman–Crippen LogP) is 3.85. The molecule has 0 amide bonds. The Morgan fingerprint density at radius 2 is 1.92 bits per heavy atom. The zero-order valence-electron chi connectivity index (χ0n) is 14.1. The number of ether oxygens (including phenoxy) is 2. The van der Waals surface area contributed by atoms with Gasteiger partial charge in [-0.3, -0.25) is 5.43 Å². The zero-order valence-corrected chi connectivity index (χ0v) is 16.5. The third kappa shape index (κ3) is 6.36. The molecule has 0 saturated heterocycles. The van der Waals surface area contributed by atoms with Gasteiger partial charge in [0.05, 0.1) is 12.8 Å². The highest BCUT2D eigenvalue weighted by Crippen LogP contribution is 2.29. The van der Waals surface area contributed by atoms with Crippen LogP contribution in [0.2, 0.25) is 0 Å². The van der Waals surface area contributed by atoms with Gasteiger partial charge in [0.1, 0.15) is 6.61 Å². The molecular weight excluding hydrogens is 402 g/mol. The van der Waals surface area contributed by atoms with E-state index in [1.165, 1.54) is 0 Å². The van der Waals surface area contributed by atoms with Crippen LogP contribution in [-0.2, 0) is 6.61 Å². The first-order valence-corrected chi connectivity index (χ1v) is 8.97. The van der Waals surface area contributed by atoms with Crippen LogP contribution in [-0.4, -0.2) is 25.0 Å². The van der Waals surface area contributed by atoms with Crippen molar-refractivity contribution in [2.45, 2.75) is 13.5 Å². The summed E-state index contributed by atoms with van der Waals surface area (Å²) in [5.41, 5.74) is 4.68. The average Bonchev–Trinajstić information content (AvgIpc) is 2.62. The van der Waals surface area contributed by atoms with Gasteiger partial charge in [0.2, 0.25) is 0 Å². The number of hydrazone groups is 1. The lowest BCUT2D eigenvalue weighted by atomic mass is 10.2. The summed E-state index contributed by atoms with van der Waals surface area (Å²) >= 11 is 8.39. The first-order chi connectivity index (χ1) is 12.1. The van der Waals surface area contributed by atoms with Crippen molar-refractivity contribution in [2.24, 2.45) is 5.10 Å².